The highest BCUT2D eigenvalue weighted by atomic mass is 15.2. The fraction of sp³-hybridized carbons (Fsp3) is 0.500. The third kappa shape index (κ3) is 3.66. The van der Waals surface area contributed by atoms with Crippen molar-refractivity contribution in [3.05, 3.63) is 42.2 Å². The number of nitrogens with one attached hydrogen (secondary N) is 1. The number of aryl methyl sites for hydroxylation is 1. The van der Waals surface area contributed by atoms with Crippen molar-refractivity contribution < 1.29 is 0 Å². The summed E-state index contributed by atoms with van der Waals surface area (Å²) in [5.74, 6) is 0.990. The van der Waals surface area contributed by atoms with E-state index in [1.807, 2.05) is 6.07 Å². The summed E-state index contributed by atoms with van der Waals surface area (Å²) in [6.07, 6.45) is 11.6. The van der Waals surface area contributed by atoms with E-state index >= 15 is 0 Å². The van der Waals surface area contributed by atoms with Crippen molar-refractivity contribution in [2.24, 2.45) is 0 Å². The highest BCUT2D eigenvalue weighted by molar-refractivity contribution is 5.53. The maximum atomic E-state index is 4.69. The first-order valence-electron chi connectivity index (χ1n) is 8.20. The predicted octanol–water partition coefficient (Wildman–Crippen LogP) is 5.22. The third-order valence-electron chi connectivity index (χ3n) is 4.35. The molecule has 0 unspecified atom stereocenters. The number of aromatic nitrogens is 2. The summed E-state index contributed by atoms with van der Waals surface area (Å²) in [7, 11) is 0. The van der Waals surface area contributed by atoms with E-state index in [4.69, 9.17) is 0 Å². The zero-order valence-corrected chi connectivity index (χ0v) is 12.9. The monoisotopic (exact) mass is 283 g/mol. The normalized spacial score (nSPS) is 17.2. The molecule has 1 N–H and O–H groups in total. The molecule has 0 bridgehead atoms. The van der Waals surface area contributed by atoms with Gasteiger partial charge in [-0.05, 0) is 31.9 Å². The van der Waals surface area contributed by atoms with Crippen molar-refractivity contribution >= 4 is 11.6 Å². The maximum Gasteiger partial charge on any atom is 0.207 e. The van der Waals surface area contributed by atoms with Gasteiger partial charge >= 0.3 is 0 Å². The molecule has 3 nitrogen and oxygen atoms in total. The molecule has 3 heteroatoms. The zero-order chi connectivity index (χ0) is 14.5. The van der Waals surface area contributed by atoms with Crippen molar-refractivity contribution in [3.8, 4) is 0 Å². The molecule has 1 aromatic carbocycles. The molecular formula is C18H25N3. The molecule has 0 saturated heterocycles. The van der Waals surface area contributed by atoms with Crippen LogP contribution in [0.15, 0.2) is 36.5 Å². The quantitative estimate of drug-likeness (QED) is 0.837. The average Bonchev–Trinajstić information content (AvgIpc) is 2.80. The van der Waals surface area contributed by atoms with Crippen LogP contribution in [0.5, 0.6) is 0 Å². The van der Waals surface area contributed by atoms with Crippen LogP contribution in [0, 0.1) is 6.92 Å². The molecule has 0 amide bonds. The first kappa shape index (κ1) is 14.2. The van der Waals surface area contributed by atoms with Crippen LogP contribution >= 0.6 is 0 Å². The fourth-order valence-corrected chi connectivity index (χ4v) is 3.25. The van der Waals surface area contributed by atoms with E-state index in [0.29, 0.717) is 6.04 Å². The average molecular weight is 283 g/mol. The van der Waals surface area contributed by atoms with Gasteiger partial charge in [-0.15, -0.1) is 0 Å². The lowest BCUT2D eigenvalue weighted by Gasteiger charge is -2.23. The van der Waals surface area contributed by atoms with Gasteiger partial charge in [0.25, 0.3) is 0 Å². The Morgan fingerprint density at radius 3 is 2.38 bits per heavy atom. The second-order valence-electron chi connectivity index (χ2n) is 6.10. The summed E-state index contributed by atoms with van der Waals surface area (Å²) in [5, 5.41) is 3.48. The van der Waals surface area contributed by atoms with Gasteiger partial charge < -0.3 is 9.88 Å². The Bertz CT molecular complexity index is 551. The van der Waals surface area contributed by atoms with Gasteiger partial charge in [0.15, 0.2) is 0 Å². The molecule has 1 saturated carbocycles. The van der Waals surface area contributed by atoms with Gasteiger partial charge in [-0.1, -0.05) is 50.3 Å². The van der Waals surface area contributed by atoms with Crippen LogP contribution in [-0.4, -0.2) is 9.55 Å². The number of benzene rings is 1. The Labute approximate surface area is 127 Å². The van der Waals surface area contributed by atoms with Gasteiger partial charge in [0.1, 0.15) is 0 Å². The van der Waals surface area contributed by atoms with E-state index in [-0.39, 0.29) is 0 Å². The maximum absolute atomic E-state index is 4.69. The Morgan fingerprint density at radius 1 is 1.00 bits per heavy atom. The van der Waals surface area contributed by atoms with E-state index in [0.717, 1.165) is 17.3 Å². The highest BCUT2D eigenvalue weighted by Gasteiger charge is 2.17. The molecule has 1 aliphatic rings. The van der Waals surface area contributed by atoms with Crippen LogP contribution < -0.4 is 5.32 Å². The van der Waals surface area contributed by atoms with Gasteiger partial charge in [0.2, 0.25) is 5.95 Å². The zero-order valence-electron chi connectivity index (χ0n) is 12.9. The van der Waals surface area contributed by atoms with Gasteiger partial charge in [0, 0.05) is 17.9 Å². The number of nitrogens with zero attached hydrogens (tertiary/aromatic N) is 2. The molecule has 0 aliphatic heterocycles. The first-order valence-corrected chi connectivity index (χ1v) is 8.20. The van der Waals surface area contributed by atoms with Crippen molar-refractivity contribution in [2.45, 2.75) is 57.9 Å². The number of para-hydroxylation sites is 1. The molecule has 1 fully saturated rings. The molecule has 2 aromatic rings. The highest BCUT2D eigenvalue weighted by Crippen LogP contribution is 2.30. The topological polar surface area (TPSA) is 29.9 Å². The number of hydrogen-bond acceptors (Lipinski definition) is 2. The largest absolute Gasteiger partial charge is 0.326 e. The molecule has 1 aromatic heterocycles. The summed E-state index contributed by atoms with van der Waals surface area (Å²) in [5.41, 5.74) is 2.20. The summed E-state index contributed by atoms with van der Waals surface area (Å²) in [6, 6.07) is 10.9. The van der Waals surface area contributed by atoms with Crippen LogP contribution in [0.4, 0.5) is 11.6 Å². The molecule has 0 atom stereocenters. The Hall–Kier alpha value is -1.77. The minimum absolute atomic E-state index is 0.595. The summed E-state index contributed by atoms with van der Waals surface area (Å²) in [4.78, 5) is 4.69. The van der Waals surface area contributed by atoms with E-state index in [2.05, 4.69) is 52.3 Å². The lowest BCUT2D eigenvalue weighted by Crippen LogP contribution is -2.12. The van der Waals surface area contributed by atoms with Crippen molar-refractivity contribution in [1.82, 2.24) is 9.55 Å². The van der Waals surface area contributed by atoms with Gasteiger partial charge in [0.05, 0.1) is 5.69 Å². The second kappa shape index (κ2) is 6.79. The first-order chi connectivity index (χ1) is 10.3. The minimum Gasteiger partial charge on any atom is -0.326 e. The number of hydrogen-bond donors (Lipinski definition) is 1. The third-order valence-corrected chi connectivity index (χ3v) is 4.35. The van der Waals surface area contributed by atoms with Gasteiger partial charge in [-0.2, -0.15) is 0 Å². The lowest BCUT2D eigenvalue weighted by atomic mass is 9.96. The standard InChI is InChI=1S/C18H25N3/c1-15-14-21(17-12-8-3-2-4-9-13-17)18(19-15)20-16-10-6-5-7-11-16/h5-7,10-11,14,17H,2-4,8-9,12-13H2,1H3,(H,19,20). The predicted molar refractivity (Wildman–Crippen MR) is 88.0 cm³/mol. The number of imidazole rings is 1. The lowest BCUT2D eigenvalue weighted by molar-refractivity contribution is 0.375. The van der Waals surface area contributed by atoms with Crippen molar-refractivity contribution in [3.63, 3.8) is 0 Å². The second-order valence-corrected chi connectivity index (χ2v) is 6.10. The van der Waals surface area contributed by atoms with Crippen LogP contribution in [0.3, 0.4) is 0 Å². The molecule has 112 valence electrons. The number of anilines is 2. The summed E-state index contributed by atoms with van der Waals surface area (Å²) in [6.45, 7) is 2.08. The Balaban J connectivity index is 1.81. The van der Waals surface area contributed by atoms with Crippen LogP contribution in [-0.2, 0) is 0 Å². The molecule has 3 rings (SSSR count). The Kier molecular flexibility index (Phi) is 4.59. The molecule has 21 heavy (non-hydrogen) atoms. The number of rotatable bonds is 3. The van der Waals surface area contributed by atoms with Gasteiger partial charge in [-0.25, -0.2) is 4.98 Å². The van der Waals surface area contributed by atoms with Gasteiger partial charge in [-0.3, -0.25) is 0 Å². The Morgan fingerprint density at radius 2 is 1.67 bits per heavy atom. The van der Waals surface area contributed by atoms with E-state index < -0.39 is 0 Å². The van der Waals surface area contributed by atoms with Crippen molar-refractivity contribution in [2.75, 3.05) is 5.32 Å². The summed E-state index contributed by atoms with van der Waals surface area (Å²) < 4.78 is 2.37. The van der Waals surface area contributed by atoms with Crippen LogP contribution in [0.1, 0.15) is 56.7 Å². The van der Waals surface area contributed by atoms with Crippen molar-refractivity contribution in [1.29, 1.82) is 0 Å². The van der Waals surface area contributed by atoms with Crippen LogP contribution in [0.2, 0.25) is 0 Å². The van der Waals surface area contributed by atoms with E-state index in [1.165, 1.54) is 44.9 Å². The summed E-state index contributed by atoms with van der Waals surface area (Å²) >= 11 is 0. The van der Waals surface area contributed by atoms with Crippen LogP contribution in [0.25, 0.3) is 0 Å². The molecule has 1 aliphatic carbocycles. The fourth-order valence-electron chi connectivity index (χ4n) is 3.25. The molecular weight excluding hydrogens is 258 g/mol. The smallest absolute Gasteiger partial charge is 0.207 e. The molecule has 0 radical (unpaired) electrons. The van der Waals surface area contributed by atoms with E-state index in [1.54, 1.807) is 0 Å². The SMILES string of the molecule is Cc1cn(C2CCCCCCC2)c(Nc2ccccc2)n1. The molecule has 0 spiro atoms. The van der Waals surface area contributed by atoms with E-state index in [9.17, 15) is 0 Å². The minimum atomic E-state index is 0.595. The molecule has 1 heterocycles.